The van der Waals surface area contributed by atoms with Gasteiger partial charge in [-0.15, -0.1) is 0 Å². The highest BCUT2D eigenvalue weighted by atomic mass is 16.5. The normalized spacial score (nSPS) is 12.1. The number of ether oxygens (including phenoxy) is 3. The van der Waals surface area contributed by atoms with E-state index in [4.69, 9.17) is 14.2 Å². The van der Waals surface area contributed by atoms with Gasteiger partial charge in [0.1, 0.15) is 5.82 Å². The Balaban J connectivity index is 2.02. The molecule has 0 aliphatic heterocycles. The molecule has 0 unspecified atom stereocenters. The average molecular weight is 370 g/mol. The molecule has 7 heteroatoms. The van der Waals surface area contributed by atoms with Crippen molar-refractivity contribution in [1.82, 2.24) is 14.6 Å². The minimum atomic E-state index is -0.0199. The minimum absolute atomic E-state index is 0.0199. The van der Waals surface area contributed by atoms with E-state index in [0.717, 1.165) is 34.0 Å². The van der Waals surface area contributed by atoms with Crippen LogP contribution in [0.25, 0.3) is 5.65 Å². The molecule has 0 bridgehead atoms. The largest absolute Gasteiger partial charge is 0.493 e. The third-order valence-electron chi connectivity index (χ3n) is 4.74. The highest BCUT2D eigenvalue weighted by molar-refractivity contribution is 5.58. The molecule has 7 nitrogen and oxygen atoms in total. The van der Waals surface area contributed by atoms with Crippen LogP contribution in [0.2, 0.25) is 0 Å². The van der Waals surface area contributed by atoms with Crippen molar-refractivity contribution in [2.24, 2.45) is 0 Å². The lowest BCUT2D eigenvalue weighted by atomic mass is 10.1. The van der Waals surface area contributed by atoms with Gasteiger partial charge >= 0.3 is 0 Å². The van der Waals surface area contributed by atoms with Gasteiger partial charge in [0.2, 0.25) is 5.75 Å². The molecule has 0 fully saturated rings. The van der Waals surface area contributed by atoms with E-state index in [0.29, 0.717) is 17.2 Å². The predicted molar refractivity (Wildman–Crippen MR) is 105 cm³/mol. The number of nitrogens with one attached hydrogen (secondary N) is 1. The molecule has 0 amide bonds. The molecule has 0 saturated heterocycles. The van der Waals surface area contributed by atoms with Gasteiger partial charge in [-0.05, 0) is 45.4 Å². The van der Waals surface area contributed by atoms with Crippen molar-refractivity contribution in [2.45, 2.75) is 33.7 Å². The fourth-order valence-electron chi connectivity index (χ4n) is 3.11. The van der Waals surface area contributed by atoms with Crippen LogP contribution in [-0.4, -0.2) is 35.9 Å². The maximum absolute atomic E-state index is 5.47. The molecule has 2 heterocycles. The van der Waals surface area contributed by atoms with Gasteiger partial charge in [-0.1, -0.05) is 0 Å². The second kappa shape index (κ2) is 7.34. The first kappa shape index (κ1) is 18.8. The Morgan fingerprint density at radius 1 is 0.963 bits per heavy atom. The number of aromatic nitrogens is 3. The molecular formula is C20H26N4O3. The van der Waals surface area contributed by atoms with E-state index in [-0.39, 0.29) is 6.04 Å². The van der Waals surface area contributed by atoms with Gasteiger partial charge in [0, 0.05) is 17.3 Å². The van der Waals surface area contributed by atoms with E-state index in [9.17, 15) is 0 Å². The number of rotatable bonds is 6. The topological polar surface area (TPSA) is 69.9 Å². The van der Waals surface area contributed by atoms with E-state index < -0.39 is 0 Å². The zero-order valence-electron chi connectivity index (χ0n) is 16.9. The molecule has 27 heavy (non-hydrogen) atoms. The van der Waals surface area contributed by atoms with Crippen LogP contribution in [-0.2, 0) is 0 Å². The van der Waals surface area contributed by atoms with E-state index >= 15 is 0 Å². The van der Waals surface area contributed by atoms with Crippen LogP contribution in [0.3, 0.4) is 0 Å². The number of benzene rings is 1. The Labute approximate surface area is 159 Å². The summed E-state index contributed by atoms with van der Waals surface area (Å²) in [6.07, 6.45) is 0. The molecule has 2 aromatic heterocycles. The molecule has 0 aliphatic rings. The number of hydrogen-bond donors (Lipinski definition) is 1. The van der Waals surface area contributed by atoms with Gasteiger partial charge < -0.3 is 19.5 Å². The van der Waals surface area contributed by atoms with Crippen molar-refractivity contribution < 1.29 is 14.2 Å². The summed E-state index contributed by atoms with van der Waals surface area (Å²) in [6.45, 7) is 8.09. The summed E-state index contributed by atoms with van der Waals surface area (Å²) < 4.78 is 18.2. The number of fused-ring (bicyclic) bond motifs is 1. The SMILES string of the molecule is COc1cc([C@H](C)Nc2cc(C)nc3c(C)c(C)nn23)cc(OC)c1OC. The number of anilines is 1. The van der Waals surface area contributed by atoms with Crippen molar-refractivity contribution in [1.29, 1.82) is 0 Å². The third-order valence-corrected chi connectivity index (χ3v) is 4.74. The van der Waals surface area contributed by atoms with Crippen molar-refractivity contribution in [2.75, 3.05) is 26.6 Å². The summed E-state index contributed by atoms with van der Waals surface area (Å²) in [5.41, 5.74) is 4.86. The zero-order valence-corrected chi connectivity index (χ0v) is 16.9. The second-order valence-electron chi connectivity index (χ2n) is 6.55. The first-order chi connectivity index (χ1) is 12.9. The van der Waals surface area contributed by atoms with E-state index in [1.54, 1.807) is 21.3 Å². The Morgan fingerprint density at radius 3 is 2.15 bits per heavy atom. The highest BCUT2D eigenvalue weighted by Gasteiger charge is 2.18. The highest BCUT2D eigenvalue weighted by Crippen LogP contribution is 2.40. The Kier molecular flexibility index (Phi) is 5.12. The molecule has 0 radical (unpaired) electrons. The average Bonchev–Trinajstić information content (AvgIpc) is 2.95. The summed E-state index contributed by atoms with van der Waals surface area (Å²) >= 11 is 0. The number of methoxy groups -OCH3 is 3. The maximum Gasteiger partial charge on any atom is 0.203 e. The van der Waals surface area contributed by atoms with Crippen LogP contribution in [0.15, 0.2) is 18.2 Å². The predicted octanol–water partition coefficient (Wildman–Crippen LogP) is 3.85. The molecule has 1 N–H and O–H groups in total. The standard InChI is InChI=1S/C20H26N4O3/c1-11-8-18(24-20(21-11)12(2)13(3)23-24)22-14(4)15-9-16(25-5)19(27-7)17(10-15)26-6/h8-10,14,22H,1-7H3/t14-/m0/s1. The quantitative estimate of drug-likeness (QED) is 0.711. The molecule has 0 spiro atoms. The lowest BCUT2D eigenvalue weighted by Gasteiger charge is -2.20. The second-order valence-corrected chi connectivity index (χ2v) is 6.55. The fourth-order valence-corrected chi connectivity index (χ4v) is 3.11. The minimum Gasteiger partial charge on any atom is -0.493 e. The van der Waals surface area contributed by atoms with Crippen LogP contribution in [0, 0.1) is 20.8 Å². The number of nitrogens with zero attached hydrogens (tertiary/aromatic N) is 3. The van der Waals surface area contributed by atoms with Gasteiger partial charge in [-0.3, -0.25) is 0 Å². The first-order valence-corrected chi connectivity index (χ1v) is 8.79. The lowest BCUT2D eigenvalue weighted by molar-refractivity contribution is 0.323. The molecule has 3 rings (SSSR count). The Bertz CT molecular complexity index is 956. The first-order valence-electron chi connectivity index (χ1n) is 8.79. The van der Waals surface area contributed by atoms with Crippen molar-refractivity contribution in [3.63, 3.8) is 0 Å². The molecule has 0 saturated carbocycles. The smallest absolute Gasteiger partial charge is 0.203 e. The lowest BCUT2D eigenvalue weighted by Crippen LogP contribution is -2.12. The van der Waals surface area contributed by atoms with Gasteiger partial charge in [0.15, 0.2) is 17.1 Å². The van der Waals surface area contributed by atoms with Crippen LogP contribution in [0.1, 0.15) is 35.5 Å². The molecule has 1 atom stereocenters. The third kappa shape index (κ3) is 3.37. The summed E-state index contributed by atoms with van der Waals surface area (Å²) in [4.78, 5) is 4.62. The monoisotopic (exact) mass is 370 g/mol. The van der Waals surface area contributed by atoms with E-state index in [1.807, 2.05) is 43.5 Å². The van der Waals surface area contributed by atoms with E-state index in [1.165, 1.54) is 0 Å². The van der Waals surface area contributed by atoms with Gasteiger partial charge in [-0.2, -0.15) is 9.61 Å². The molecule has 144 valence electrons. The summed E-state index contributed by atoms with van der Waals surface area (Å²) in [7, 11) is 4.83. The van der Waals surface area contributed by atoms with Crippen molar-refractivity contribution >= 4 is 11.5 Å². The fraction of sp³-hybridized carbons (Fsp3) is 0.400. The molecule has 3 aromatic rings. The molecule has 1 aromatic carbocycles. The van der Waals surface area contributed by atoms with Crippen molar-refractivity contribution in [3.8, 4) is 17.2 Å². The molecule has 0 aliphatic carbocycles. The van der Waals surface area contributed by atoms with Crippen LogP contribution >= 0.6 is 0 Å². The number of hydrogen-bond acceptors (Lipinski definition) is 6. The van der Waals surface area contributed by atoms with Gasteiger partial charge in [0.05, 0.1) is 33.1 Å². The summed E-state index contributed by atoms with van der Waals surface area (Å²) in [5, 5.41) is 8.15. The van der Waals surface area contributed by atoms with E-state index in [2.05, 4.69) is 22.3 Å². The van der Waals surface area contributed by atoms with Gasteiger partial charge in [-0.25, -0.2) is 4.98 Å². The van der Waals surface area contributed by atoms with Crippen molar-refractivity contribution in [3.05, 3.63) is 40.7 Å². The summed E-state index contributed by atoms with van der Waals surface area (Å²) in [6, 6.07) is 5.87. The van der Waals surface area contributed by atoms with Crippen LogP contribution in [0.4, 0.5) is 5.82 Å². The molecular weight excluding hydrogens is 344 g/mol. The zero-order chi connectivity index (χ0) is 19.7. The maximum atomic E-state index is 5.47. The van der Waals surface area contributed by atoms with Crippen LogP contribution in [0.5, 0.6) is 17.2 Å². The van der Waals surface area contributed by atoms with Crippen LogP contribution < -0.4 is 19.5 Å². The Morgan fingerprint density at radius 2 is 1.59 bits per heavy atom. The van der Waals surface area contributed by atoms with Gasteiger partial charge in [0.25, 0.3) is 0 Å². The number of aryl methyl sites for hydroxylation is 3. The summed E-state index contributed by atoms with van der Waals surface area (Å²) in [5.74, 6) is 2.72. The Hall–Kier alpha value is -2.96.